The smallest absolute Gasteiger partial charge is 0.143 e. The number of nitrogen functional groups attached to an aromatic ring is 1. The quantitative estimate of drug-likeness (QED) is 0.843. The lowest BCUT2D eigenvalue weighted by atomic mass is 9.93. The Bertz CT molecular complexity index is 675. The molecule has 0 bridgehead atoms. The fraction of sp³-hybridized carbons (Fsp3) is 0.400. The maximum Gasteiger partial charge on any atom is 0.143 e. The van der Waals surface area contributed by atoms with Crippen LogP contribution in [0.1, 0.15) is 37.8 Å². The Balaban J connectivity index is 1.96. The van der Waals surface area contributed by atoms with Crippen LogP contribution < -0.4 is 15.4 Å². The Morgan fingerprint density at radius 1 is 1.09 bits per heavy atom. The molecule has 0 unspecified atom stereocenters. The lowest BCUT2D eigenvalue weighted by Gasteiger charge is -2.44. The Hall–Kier alpha value is -2.16. The summed E-state index contributed by atoms with van der Waals surface area (Å²) in [4.78, 5) is 2.41. The highest BCUT2D eigenvalue weighted by Crippen LogP contribution is 2.41. The number of hydrogen-bond acceptors (Lipinski definition) is 3. The van der Waals surface area contributed by atoms with E-state index in [0.29, 0.717) is 0 Å². The minimum Gasteiger partial charge on any atom is -0.483 e. The summed E-state index contributed by atoms with van der Waals surface area (Å²) in [6, 6.07) is 14.7. The molecule has 2 aromatic rings. The van der Waals surface area contributed by atoms with Gasteiger partial charge in [-0.1, -0.05) is 43.7 Å². The van der Waals surface area contributed by atoms with E-state index in [1.165, 1.54) is 11.1 Å². The standard InChI is InChI=1S/C20H26N2O/c1-4-20(5-2)14-22(13-16-8-6-15(3)7-9-16)18-12-17(21)10-11-19(18)23-20/h6-12H,4-5,13-14,21H2,1-3H3. The van der Waals surface area contributed by atoms with Gasteiger partial charge in [0.1, 0.15) is 11.4 Å². The van der Waals surface area contributed by atoms with Crippen molar-refractivity contribution in [3.8, 4) is 5.75 Å². The molecule has 2 aromatic carbocycles. The molecule has 3 nitrogen and oxygen atoms in total. The number of rotatable bonds is 4. The highest BCUT2D eigenvalue weighted by Gasteiger charge is 2.37. The molecule has 1 heterocycles. The third-order valence-corrected chi connectivity index (χ3v) is 4.91. The zero-order valence-corrected chi connectivity index (χ0v) is 14.3. The van der Waals surface area contributed by atoms with Crippen LogP contribution in [-0.2, 0) is 6.54 Å². The molecule has 23 heavy (non-hydrogen) atoms. The minimum absolute atomic E-state index is 0.117. The summed E-state index contributed by atoms with van der Waals surface area (Å²) in [5.41, 5.74) is 10.4. The van der Waals surface area contributed by atoms with Crippen LogP contribution in [0.5, 0.6) is 5.75 Å². The van der Waals surface area contributed by atoms with E-state index in [0.717, 1.165) is 43.1 Å². The van der Waals surface area contributed by atoms with Gasteiger partial charge in [-0.2, -0.15) is 0 Å². The van der Waals surface area contributed by atoms with Crippen LogP contribution >= 0.6 is 0 Å². The fourth-order valence-corrected chi connectivity index (χ4v) is 3.24. The number of ether oxygens (including phenoxy) is 1. The van der Waals surface area contributed by atoms with E-state index in [1.807, 2.05) is 18.2 Å². The van der Waals surface area contributed by atoms with Crippen molar-refractivity contribution in [3.05, 3.63) is 53.6 Å². The molecule has 0 saturated heterocycles. The lowest BCUT2D eigenvalue weighted by molar-refractivity contribution is 0.0570. The second-order valence-electron chi connectivity index (χ2n) is 6.56. The van der Waals surface area contributed by atoms with Crippen LogP contribution in [0.15, 0.2) is 42.5 Å². The predicted octanol–water partition coefficient (Wildman–Crippen LogP) is 4.54. The first-order chi connectivity index (χ1) is 11.0. The second kappa shape index (κ2) is 6.15. The molecule has 0 atom stereocenters. The number of hydrogen-bond donors (Lipinski definition) is 1. The summed E-state index contributed by atoms with van der Waals surface area (Å²) in [5.74, 6) is 0.946. The number of aryl methyl sites for hydroxylation is 1. The average molecular weight is 310 g/mol. The summed E-state index contributed by atoms with van der Waals surface area (Å²) in [6.07, 6.45) is 2.00. The van der Waals surface area contributed by atoms with Crippen LogP contribution in [0.25, 0.3) is 0 Å². The lowest BCUT2D eigenvalue weighted by Crippen LogP contribution is -2.50. The molecule has 0 saturated carbocycles. The monoisotopic (exact) mass is 310 g/mol. The number of nitrogens with two attached hydrogens (primary N) is 1. The van der Waals surface area contributed by atoms with Gasteiger partial charge < -0.3 is 15.4 Å². The normalized spacial score (nSPS) is 15.9. The molecular weight excluding hydrogens is 284 g/mol. The molecule has 3 heteroatoms. The third-order valence-electron chi connectivity index (χ3n) is 4.91. The molecule has 0 radical (unpaired) electrons. The SMILES string of the molecule is CCC1(CC)CN(Cc2ccc(C)cc2)c2cc(N)ccc2O1. The Kier molecular flexibility index (Phi) is 4.20. The predicted molar refractivity (Wildman–Crippen MR) is 97.0 cm³/mol. The zero-order valence-electron chi connectivity index (χ0n) is 14.3. The van der Waals surface area contributed by atoms with E-state index < -0.39 is 0 Å². The van der Waals surface area contributed by atoms with Gasteiger partial charge in [0.15, 0.2) is 0 Å². The van der Waals surface area contributed by atoms with Crippen molar-refractivity contribution in [2.45, 2.75) is 45.8 Å². The third kappa shape index (κ3) is 3.14. The van der Waals surface area contributed by atoms with E-state index in [9.17, 15) is 0 Å². The first-order valence-corrected chi connectivity index (χ1v) is 8.44. The molecular formula is C20H26N2O. The van der Waals surface area contributed by atoms with Gasteiger partial charge in [-0.3, -0.25) is 0 Å². The van der Waals surface area contributed by atoms with E-state index in [4.69, 9.17) is 10.5 Å². The average Bonchev–Trinajstić information content (AvgIpc) is 2.57. The molecule has 3 rings (SSSR count). The Morgan fingerprint density at radius 3 is 2.43 bits per heavy atom. The molecule has 0 amide bonds. The van der Waals surface area contributed by atoms with Crippen LogP contribution in [0.3, 0.4) is 0 Å². The van der Waals surface area contributed by atoms with Gasteiger partial charge in [0.2, 0.25) is 0 Å². The zero-order chi connectivity index (χ0) is 16.4. The molecule has 1 aliphatic rings. The first kappa shape index (κ1) is 15.7. The van der Waals surface area contributed by atoms with E-state index in [2.05, 4.69) is 49.9 Å². The van der Waals surface area contributed by atoms with Crippen molar-refractivity contribution in [2.75, 3.05) is 17.2 Å². The van der Waals surface area contributed by atoms with Crippen LogP contribution in [0.4, 0.5) is 11.4 Å². The number of fused-ring (bicyclic) bond motifs is 1. The molecule has 0 aliphatic carbocycles. The van der Waals surface area contributed by atoms with Gasteiger partial charge in [-0.15, -0.1) is 0 Å². The Morgan fingerprint density at radius 2 is 1.78 bits per heavy atom. The second-order valence-corrected chi connectivity index (χ2v) is 6.56. The molecule has 0 aromatic heterocycles. The maximum atomic E-state index is 6.36. The maximum absolute atomic E-state index is 6.36. The van der Waals surface area contributed by atoms with Crippen molar-refractivity contribution >= 4 is 11.4 Å². The molecule has 2 N–H and O–H groups in total. The fourth-order valence-electron chi connectivity index (χ4n) is 3.24. The van der Waals surface area contributed by atoms with Gasteiger partial charge in [0.05, 0.1) is 12.2 Å². The topological polar surface area (TPSA) is 38.5 Å². The first-order valence-electron chi connectivity index (χ1n) is 8.44. The van der Waals surface area contributed by atoms with Crippen molar-refractivity contribution < 1.29 is 4.74 Å². The van der Waals surface area contributed by atoms with Crippen molar-refractivity contribution in [3.63, 3.8) is 0 Å². The minimum atomic E-state index is -0.117. The van der Waals surface area contributed by atoms with Crippen molar-refractivity contribution in [1.29, 1.82) is 0 Å². The van der Waals surface area contributed by atoms with Gasteiger partial charge in [0.25, 0.3) is 0 Å². The number of benzene rings is 2. The summed E-state index contributed by atoms with van der Waals surface area (Å²) >= 11 is 0. The van der Waals surface area contributed by atoms with Crippen LogP contribution in [-0.4, -0.2) is 12.1 Å². The molecule has 1 aliphatic heterocycles. The van der Waals surface area contributed by atoms with Gasteiger partial charge >= 0.3 is 0 Å². The van der Waals surface area contributed by atoms with Crippen molar-refractivity contribution in [2.24, 2.45) is 0 Å². The van der Waals surface area contributed by atoms with E-state index >= 15 is 0 Å². The van der Waals surface area contributed by atoms with Crippen LogP contribution in [0, 0.1) is 6.92 Å². The summed E-state index contributed by atoms with van der Waals surface area (Å²) in [5, 5.41) is 0. The number of anilines is 2. The Labute approximate surface area is 139 Å². The number of nitrogens with zero attached hydrogens (tertiary/aromatic N) is 1. The molecule has 0 spiro atoms. The summed E-state index contributed by atoms with van der Waals surface area (Å²) in [6.45, 7) is 8.30. The summed E-state index contributed by atoms with van der Waals surface area (Å²) < 4.78 is 6.36. The van der Waals surface area contributed by atoms with Gasteiger partial charge in [0, 0.05) is 12.2 Å². The highest BCUT2D eigenvalue weighted by molar-refractivity contribution is 5.66. The molecule has 122 valence electrons. The summed E-state index contributed by atoms with van der Waals surface area (Å²) in [7, 11) is 0. The largest absolute Gasteiger partial charge is 0.483 e. The van der Waals surface area contributed by atoms with Gasteiger partial charge in [-0.05, 0) is 43.5 Å². The van der Waals surface area contributed by atoms with Gasteiger partial charge in [-0.25, -0.2) is 0 Å². The highest BCUT2D eigenvalue weighted by atomic mass is 16.5. The van der Waals surface area contributed by atoms with E-state index in [1.54, 1.807) is 0 Å². The van der Waals surface area contributed by atoms with Crippen LogP contribution in [0.2, 0.25) is 0 Å². The van der Waals surface area contributed by atoms with Crippen molar-refractivity contribution in [1.82, 2.24) is 0 Å². The molecule has 0 fully saturated rings. The van der Waals surface area contributed by atoms with E-state index in [-0.39, 0.29) is 5.60 Å².